The molecule has 0 radical (unpaired) electrons. The Morgan fingerprint density at radius 3 is 2.40 bits per heavy atom. The van der Waals surface area contributed by atoms with Gasteiger partial charge in [-0.05, 0) is 31.5 Å². The van der Waals surface area contributed by atoms with Crippen LogP contribution in [0.15, 0.2) is 24.3 Å². The van der Waals surface area contributed by atoms with E-state index in [1.54, 1.807) is 13.8 Å². The van der Waals surface area contributed by atoms with Gasteiger partial charge in [-0.25, -0.2) is 4.79 Å². The van der Waals surface area contributed by atoms with Crippen LogP contribution in [0.3, 0.4) is 0 Å². The molecule has 0 aliphatic rings. The van der Waals surface area contributed by atoms with E-state index < -0.39 is 35.7 Å². The van der Waals surface area contributed by atoms with Gasteiger partial charge in [-0.2, -0.15) is 0 Å². The standard InChI is InChI=1S/C17H22N2O6/c1-4-25-16(22)10(2)8-13(14(18)20)19-15(21)11-6-5-7-12(9-11)17(23)24-3/h5-7,9-10,13H,4,8H2,1-3H3,(H2,18,20)(H,19,21)/t10-,13-/m1/s1. The molecule has 1 rings (SSSR count). The number of ether oxygens (including phenoxy) is 2. The van der Waals surface area contributed by atoms with Crippen molar-refractivity contribution in [1.29, 1.82) is 0 Å². The Labute approximate surface area is 145 Å². The Hall–Kier alpha value is -2.90. The van der Waals surface area contributed by atoms with E-state index in [4.69, 9.17) is 10.5 Å². The first kappa shape index (κ1) is 20.1. The summed E-state index contributed by atoms with van der Waals surface area (Å²) in [5.41, 5.74) is 5.67. The van der Waals surface area contributed by atoms with Crippen LogP contribution in [-0.4, -0.2) is 43.5 Å². The number of primary amides is 1. The number of hydrogen-bond donors (Lipinski definition) is 2. The van der Waals surface area contributed by atoms with Crippen LogP contribution in [0, 0.1) is 5.92 Å². The van der Waals surface area contributed by atoms with Crippen molar-refractivity contribution in [3.63, 3.8) is 0 Å². The quantitative estimate of drug-likeness (QED) is 0.663. The number of amides is 2. The molecule has 0 fully saturated rings. The fourth-order valence-electron chi connectivity index (χ4n) is 2.13. The van der Waals surface area contributed by atoms with E-state index >= 15 is 0 Å². The smallest absolute Gasteiger partial charge is 0.337 e. The van der Waals surface area contributed by atoms with E-state index in [0.717, 1.165) is 0 Å². The average Bonchev–Trinajstić information content (AvgIpc) is 2.60. The topological polar surface area (TPSA) is 125 Å². The van der Waals surface area contributed by atoms with Crippen molar-refractivity contribution in [2.24, 2.45) is 11.7 Å². The van der Waals surface area contributed by atoms with Crippen molar-refractivity contribution >= 4 is 23.8 Å². The van der Waals surface area contributed by atoms with Crippen LogP contribution in [0.1, 0.15) is 41.0 Å². The molecule has 2 atom stereocenters. The Bertz CT molecular complexity index is 658. The molecule has 0 aromatic heterocycles. The zero-order chi connectivity index (χ0) is 19.0. The first-order valence-electron chi connectivity index (χ1n) is 7.75. The normalized spacial score (nSPS) is 12.6. The van der Waals surface area contributed by atoms with E-state index in [9.17, 15) is 19.2 Å². The van der Waals surface area contributed by atoms with E-state index in [0.29, 0.717) is 0 Å². The summed E-state index contributed by atoms with van der Waals surface area (Å²) in [6.07, 6.45) is 0.0105. The van der Waals surface area contributed by atoms with Crippen LogP contribution < -0.4 is 11.1 Å². The molecule has 0 saturated carbocycles. The summed E-state index contributed by atoms with van der Waals surface area (Å²) in [5.74, 6) is -3.04. The van der Waals surface area contributed by atoms with Gasteiger partial charge in [0.1, 0.15) is 6.04 Å². The highest BCUT2D eigenvalue weighted by atomic mass is 16.5. The minimum Gasteiger partial charge on any atom is -0.466 e. The van der Waals surface area contributed by atoms with E-state index in [2.05, 4.69) is 10.1 Å². The summed E-state index contributed by atoms with van der Waals surface area (Å²) in [5, 5.41) is 2.47. The van der Waals surface area contributed by atoms with Gasteiger partial charge in [-0.3, -0.25) is 14.4 Å². The van der Waals surface area contributed by atoms with Gasteiger partial charge in [0.05, 0.1) is 25.2 Å². The number of rotatable bonds is 8. The largest absolute Gasteiger partial charge is 0.466 e. The summed E-state index contributed by atoms with van der Waals surface area (Å²) >= 11 is 0. The molecule has 1 aromatic carbocycles. The molecule has 0 spiro atoms. The lowest BCUT2D eigenvalue weighted by atomic mass is 10.0. The van der Waals surface area contributed by atoms with E-state index in [1.165, 1.54) is 31.4 Å². The second-order valence-electron chi connectivity index (χ2n) is 5.39. The van der Waals surface area contributed by atoms with Crippen LogP contribution >= 0.6 is 0 Å². The van der Waals surface area contributed by atoms with Crippen molar-refractivity contribution in [3.8, 4) is 0 Å². The van der Waals surface area contributed by atoms with Crippen molar-refractivity contribution in [3.05, 3.63) is 35.4 Å². The number of nitrogens with two attached hydrogens (primary N) is 1. The Morgan fingerprint density at radius 1 is 1.20 bits per heavy atom. The molecule has 136 valence electrons. The SMILES string of the molecule is CCOC(=O)[C@H](C)C[C@@H](NC(=O)c1cccc(C(=O)OC)c1)C(N)=O. The molecule has 0 unspecified atom stereocenters. The highest BCUT2D eigenvalue weighted by molar-refractivity contribution is 5.99. The molecule has 3 N–H and O–H groups in total. The van der Waals surface area contributed by atoms with Gasteiger partial charge in [-0.1, -0.05) is 13.0 Å². The third-order valence-corrected chi connectivity index (χ3v) is 3.47. The molecule has 0 bridgehead atoms. The first-order valence-corrected chi connectivity index (χ1v) is 7.75. The maximum atomic E-state index is 12.3. The van der Waals surface area contributed by atoms with Gasteiger partial charge in [0, 0.05) is 5.56 Å². The molecule has 2 amide bonds. The van der Waals surface area contributed by atoms with Crippen LogP contribution in [-0.2, 0) is 19.1 Å². The van der Waals surface area contributed by atoms with Crippen molar-refractivity contribution in [2.75, 3.05) is 13.7 Å². The maximum Gasteiger partial charge on any atom is 0.337 e. The minimum atomic E-state index is -1.05. The molecule has 8 heteroatoms. The van der Waals surface area contributed by atoms with E-state index in [1.807, 2.05) is 0 Å². The van der Waals surface area contributed by atoms with Crippen molar-refractivity contribution < 1.29 is 28.7 Å². The number of carbonyl (C=O) groups excluding carboxylic acids is 4. The maximum absolute atomic E-state index is 12.3. The minimum absolute atomic E-state index is 0.0105. The predicted octanol–water partition coefficient (Wildman–Crippen LogP) is 0.646. The predicted molar refractivity (Wildman–Crippen MR) is 88.6 cm³/mol. The summed E-state index contributed by atoms with van der Waals surface area (Å²) < 4.78 is 9.47. The summed E-state index contributed by atoms with van der Waals surface area (Å²) in [4.78, 5) is 47.1. The fraction of sp³-hybridized carbons (Fsp3) is 0.412. The lowest BCUT2D eigenvalue weighted by Crippen LogP contribution is -2.46. The summed E-state index contributed by atoms with van der Waals surface area (Å²) in [7, 11) is 1.23. The van der Waals surface area contributed by atoms with E-state index in [-0.39, 0.29) is 24.2 Å². The Kier molecular flexibility index (Phi) is 7.58. The monoisotopic (exact) mass is 350 g/mol. The number of hydrogen-bond acceptors (Lipinski definition) is 6. The Balaban J connectivity index is 2.85. The van der Waals surface area contributed by atoms with Gasteiger partial charge in [-0.15, -0.1) is 0 Å². The highest BCUT2D eigenvalue weighted by Gasteiger charge is 2.25. The second kappa shape index (κ2) is 9.41. The summed E-state index contributed by atoms with van der Waals surface area (Å²) in [6, 6.07) is 4.79. The molecule has 0 aliphatic heterocycles. The molecule has 1 aromatic rings. The molecule has 8 nitrogen and oxygen atoms in total. The number of nitrogens with one attached hydrogen (secondary N) is 1. The van der Waals surface area contributed by atoms with Gasteiger partial charge < -0.3 is 20.5 Å². The average molecular weight is 350 g/mol. The third-order valence-electron chi connectivity index (χ3n) is 3.47. The number of benzene rings is 1. The van der Waals surface area contributed by atoms with Crippen LogP contribution in [0.25, 0.3) is 0 Å². The number of esters is 2. The number of methoxy groups -OCH3 is 1. The number of carbonyl (C=O) groups is 4. The lowest BCUT2D eigenvalue weighted by molar-refractivity contribution is -0.147. The molecule has 25 heavy (non-hydrogen) atoms. The Morgan fingerprint density at radius 2 is 1.84 bits per heavy atom. The zero-order valence-corrected chi connectivity index (χ0v) is 14.4. The van der Waals surface area contributed by atoms with Gasteiger partial charge >= 0.3 is 11.9 Å². The molecule has 0 heterocycles. The van der Waals surface area contributed by atoms with Crippen LogP contribution in [0.2, 0.25) is 0 Å². The van der Waals surface area contributed by atoms with Crippen molar-refractivity contribution in [2.45, 2.75) is 26.3 Å². The second-order valence-corrected chi connectivity index (χ2v) is 5.39. The van der Waals surface area contributed by atoms with Crippen LogP contribution in [0.4, 0.5) is 0 Å². The molecule has 0 aliphatic carbocycles. The zero-order valence-electron chi connectivity index (χ0n) is 14.4. The van der Waals surface area contributed by atoms with Gasteiger partial charge in [0.2, 0.25) is 5.91 Å². The van der Waals surface area contributed by atoms with Gasteiger partial charge in [0.25, 0.3) is 5.91 Å². The fourth-order valence-corrected chi connectivity index (χ4v) is 2.13. The van der Waals surface area contributed by atoms with Crippen molar-refractivity contribution in [1.82, 2.24) is 5.32 Å². The van der Waals surface area contributed by atoms with Gasteiger partial charge in [0.15, 0.2) is 0 Å². The molecule has 0 saturated heterocycles. The summed E-state index contributed by atoms with van der Waals surface area (Å²) in [6.45, 7) is 3.47. The molecular weight excluding hydrogens is 328 g/mol. The van der Waals surface area contributed by atoms with Crippen LogP contribution in [0.5, 0.6) is 0 Å². The lowest BCUT2D eigenvalue weighted by Gasteiger charge is -2.19. The molecular formula is C17H22N2O6. The first-order chi connectivity index (χ1) is 11.8. The third kappa shape index (κ3) is 5.91. The highest BCUT2D eigenvalue weighted by Crippen LogP contribution is 2.11.